The minimum absolute atomic E-state index is 0.378. The van der Waals surface area contributed by atoms with Crippen LogP contribution in [0, 0.1) is 6.92 Å². The number of amides is 1. The van der Waals surface area contributed by atoms with E-state index in [-0.39, 0.29) is 0 Å². The van der Waals surface area contributed by atoms with Gasteiger partial charge in [0.25, 0.3) is 5.91 Å². The number of aryl methyl sites for hydroxylation is 1. The number of rotatable bonds is 4. The number of benzene rings is 2. The summed E-state index contributed by atoms with van der Waals surface area (Å²) >= 11 is 30.0. The molecule has 0 bridgehead atoms. The number of carbonyl (C=O) groups is 1. The van der Waals surface area contributed by atoms with E-state index in [0.29, 0.717) is 21.3 Å². The molecule has 0 fully saturated rings. The molecule has 0 aromatic heterocycles. The first kappa shape index (κ1) is 19.5. The second kappa shape index (κ2) is 8.03. The van der Waals surface area contributed by atoms with E-state index in [0.717, 1.165) is 5.56 Å². The number of anilines is 1. The second-order valence-corrected chi connectivity index (χ2v) is 8.30. The topological polar surface area (TPSA) is 41.1 Å². The fourth-order valence-electron chi connectivity index (χ4n) is 1.88. The van der Waals surface area contributed by atoms with Crippen LogP contribution in [-0.2, 0) is 0 Å². The number of nitrogens with one attached hydrogen (secondary N) is 2. The van der Waals surface area contributed by atoms with Gasteiger partial charge < -0.3 is 10.6 Å². The van der Waals surface area contributed by atoms with Crippen molar-refractivity contribution in [2.75, 3.05) is 5.32 Å². The molecule has 0 heterocycles. The third-order valence-corrected chi connectivity index (χ3v) is 4.36. The van der Waals surface area contributed by atoms with Crippen LogP contribution < -0.4 is 10.6 Å². The predicted molar refractivity (Wildman–Crippen MR) is 103 cm³/mol. The first-order valence-corrected chi connectivity index (χ1v) is 8.71. The quantitative estimate of drug-likeness (QED) is 0.476. The van der Waals surface area contributed by atoms with E-state index in [9.17, 15) is 4.79 Å². The molecule has 0 radical (unpaired) electrons. The molecular formula is C16H13Cl5N2O. The molecule has 0 spiro atoms. The first-order chi connectivity index (χ1) is 11.2. The van der Waals surface area contributed by atoms with Gasteiger partial charge in [0.05, 0.1) is 10.7 Å². The fraction of sp³-hybridized carbons (Fsp3) is 0.188. The average Bonchev–Trinajstić information content (AvgIpc) is 2.49. The summed E-state index contributed by atoms with van der Waals surface area (Å²) in [5.74, 6) is -0.392. The smallest absolute Gasteiger partial charge is 0.252 e. The number of alkyl halides is 3. The van der Waals surface area contributed by atoms with Gasteiger partial charge in [0.1, 0.15) is 6.17 Å². The summed E-state index contributed by atoms with van der Waals surface area (Å²) in [4.78, 5) is 12.4. The zero-order valence-electron chi connectivity index (χ0n) is 12.4. The maximum atomic E-state index is 12.4. The summed E-state index contributed by atoms with van der Waals surface area (Å²) in [6.45, 7) is 1.93. The second-order valence-electron chi connectivity index (χ2n) is 5.08. The van der Waals surface area contributed by atoms with Crippen LogP contribution in [0.4, 0.5) is 5.69 Å². The zero-order chi connectivity index (χ0) is 17.9. The Kier molecular flexibility index (Phi) is 6.52. The van der Waals surface area contributed by atoms with Gasteiger partial charge in [-0.3, -0.25) is 4.79 Å². The molecule has 2 aromatic rings. The van der Waals surface area contributed by atoms with Crippen molar-refractivity contribution in [1.29, 1.82) is 0 Å². The van der Waals surface area contributed by atoms with Gasteiger partial charge in [-0.2, -0.15) is 0 Å². The Balaban J connectivity index is 2.21. The Labute approximate surface area is 165 Å². The Bertz CT molecular complexity index is 728. The summed E-state index contributed by atoms with van der Waals surface area (Å²) < 4.78 is -1.81. The van der Waals surface area contributed by atoms with Crippen LogP contribution in [0.15, 0.2) is 42.5 Å². The maximum Gasteiger partial charge on any atom is 0.252 e. The zero-order valence-corrected chi connectivity index (χ0v) is 16.2. The molecule has 0 unspecified atom stereocenters. The molecule has 2 N–H and O–H groups in total. The monoisotopic (exact) mass is 424 g/mol. The van der Waals surface area contributed by atoms with Gasteiger partial charge in [0.2, 0.25) is 3.79 Å². The van der Waals surface area contributed by atoms with E-state index in [1.54, 1.807) is 30.3 Å². The van der Waals surface area contributed by atoms with E-state index >= 15 is 0 Å². The number of carbonyl (C=O) groups excluding carboxylic acids is 1. The van der Waals surface area contributed by atoms with Crippen LogP contribution in [0.5, 0.6) is 0 Å². The van der Waals surface area contributed by atoms with Crippen LogP contribution in [0.3, 0.4) is 0 Å². The van der Waals surface area contributed by atoms with Crippen molar-refractivity contribution in [3.05, 3.63) is 63.6 Å². The summed E-state index contributed by atoms with van der Waals surface area (Å²) in [6, 6.07) is 11.8. The van der Waals surface area contributed by atoms with Crippen molar-refractivity contribution >= 4 is 69.6 Å². The van der Waals surface area contributed by atoms with Crippen molar-refractivity contribution in [1.82, 2.24) is 5.32 Å². The molecule has 1 atom stereocenters. The third kappa shape index (κ3) is 5.33. The minimum Gasteiger partial charge on any atom is -0.361 e. The SMILES string of the molecule is Cc1ccc(C(=O)N[C@H](Nc2cc(Cl)ccc2Cl)C(Cl)(Cl)Cl)cc1. The molecule has 24 heavy (non-hydrogen) atoms. The lowest BCUT2D eigenvalue weighted by Gasteiger charge is -2.28. The summed E-state index contributed by atoms with van der Waals surface area (Å²) in [5, 5.41) is 6.37. The highest BCUT2D eigenvalue weighted by Crippen LogP contribution is 2.33. The molecule has 1 amide bonds. The van der Waals surface area contributed by atoms with Crippen LogP contribution in [0.25, 0.3) is 0 Å². The Hall–Kier alpha value is -0.840. The lowest BCUT2D eigenvalue weighted by molar-refractivity contribution is 0.0942. The van der Waals surface area contributed by atoms with Gasteiger partial charge in [-0.25, -0.2) is 0 Å². The molecule has 0 saturated heterocycles. The van der Waals surface area contributed by atoms with Crippen LogP contribution in [0.2, 0.25) is 10.0 Å². The van der Waals surface area contributed by atoms with Crippen LogP contribution >= 0.6 is 58.0 Å². The lowest BCUT2D eigenvalue weighted by Crippen LogP contribution is -2.49. The molecular weight excluding hydrogens is 413 g/mol. The van der Waals surface area contributed by atoms with E-state index in [1.807, 2.05) is 19.1 Å². The van der Waals surface area contributed by atoms with Crippen LogP contribution in [-0.4, -0.2) is 15.9 Å². The van der Waals surface area contributed by atoms with Crippen molar-refractivity contribution in [3.63, 3.8) is 0 Å². The summed E-state index contributed by atoms with van der Waals surface area (Å²) in [5.41, 5.74) is 1.91. The molecule has 0 aliphatic rings. The number of halogens is 5. The fourth-order valence-corrected chi connectivity index (χ4v) is 2.55. The Morgan fingerprint density at radius 2 is 1.67 bits per heavy atom. The average molecular weight is 427 g/mol. The predicted octanol–water partition coefficient (Wildman–Crippen LogP) is 5.84. The summed E-state index contributed by atoms with van der Waals surface area (Å²) in [7, 11) is 0. The third-order valence-electron chi connectivity index (χ3n) is 3.14. The van der Waals surface area contributed by atoms with Gasteiger partial charge in [-0.1, -0.05) is 75.7 Å². The molecule has 0 aliphatic carbocycles. The van der Waals surface area contributed by atoms with Gasteiger partial charge >= 0.3 is 0 Å². The molecule has 2 rings (SSSR count). The minimum atomic E-state index is -1.81. The van der Waals surface area contributed by atoms with Gasteiger partial charge in [-0.15, -0.1) is 0 Å². The molecule has 3 nitrogen and oxygen atoms in total. The van der Waals surface area contributed by atoms with E-state index in [1.165, 1.54) is 0 Å². The highest BCUT2D eigenvalue weighted by Gasteiger charge is 2.34. The van der Waals surface area contributed by atoms with Gasteiger partial charge in [0, 0.05) is 10.6 Å². The molecule has 8 heteroatoms. The number of hydrogen-bond acceptors (Lipinski definition) is 2. The van der Waals surface area contributed by atoms with E-state index in [2.05, 4.69) is 10.6 Å². The van der Waals surface area contributed by atoms with Crippen molar-refractivity contribution in [2.24, 2.45) is 0 Å². The lowest BCUT2D eigenvalue weighted by atomic mass is 10.1. The standard InChI is InChI=1S/C16H13Cl5N2O/c1-9-2-4-10(5-3-9)14(24)23-15(16(19,20)21)22-13-8-11(17)6-7-12(13)18/h2-8,15,22H,1H3,(H,23,24)/t15-/m0/s1. The largest absolute Gasteiger partial charge is 0.361 e. The highest BCUT2D eigenvalue weighted by molar-refractivity contribution is 6.68. The first-order valence-electron chi connectivity index (χ1n) is 6.82. The van der Waals surface area contributed by atoms with Crippen molar-refractivity contribution in [3.8, 4) is 0 Å². The molecule has 0 aliphatic heterocycles. The molecule has 2 aromatic carbocycles. The molecule has 0 saturated carbocycles. The van der Waals surface area contributed by atoms with E-state index in [4.69, 9.17) is 58.0 Å². The van der Waals surface area contributed by atoms with Gasteiger partial charge in [0.15, 0.2) is 0 Å². The Morgan fingerprint density at radius 1 is 1.04 bits per heavy atom. The Morgan fingerprint density at radius 3 is 2.25 bits per heavy atom. The van der Waals surface area contributed by atoms with E-state index < -0.39 is 15.9 Å². The molecule has 128 valence electrons. The van der Waals surface area contributed by atoms with Crippen molar-refractivity contribution < 1.29 is 4.79 Å². The number of hydrogen-bond donors (Lipinski definition) is 2. The highest BCUT2D eigenvalue weighted by atomic mass is 35.6. The van der Waals surface area contributed by atoms with Gasteiger partial charge in [-0.05, 0) is 37.3 Å². The summed E-state index contributed by atoms with van der Waals surface area (Å²) in [6.07, 6.45) is -1.02. The normalized spacial score (nSPS) is 12.6. The maximum absolute atomic E-state index is 12.4. The van der Waals surface area contributed by atoms with Crippen molar-refractivity contribution in [2.45, 2.75) is 16.9 Å². The van der Waals surface area contributed by atoms with Crippen LogP contribution in [0.1, 0.15) is 15.9 Å².